The predicted molar refractivity (Wildman–Crippen MR) is 99.1 cm³/mol. The zero-order valence-corrected chi connectivity index (χ0v) is 15.2. The third-order valence-corrected chi connectivity index (χ3v) is 4.58. The number of piperidine rings is 1. The van der Waals surface area contributed by atoms with Crippen molar-refractivity contribution >= 4 is 17.3 Å². The van der Waals surface area contributed by atoms with Gasteiger partial charge in [0.05, 0.1) is 5.69 Å². The van der Waals surface area contributed by atoms with Crippen molar-refractivity contribution in [1.29, 1.82) is 0 Å². The number of amides is 1. The Morgan fingerprint density at radius 1 is 1.28 bits per heavy atom. The molecule has 1 N–H and O–H groups in total. The number of hydrogen-bond donors (Lipinski definition) is 1. The van der Waals surface area contributed by atoms with Crippen LogP contribution in [0, 0.1) is 12.8 Å². The molecule has 1 aromatic heterocycles. The van der Waals surface area contributed by atoms with Crippen LogP contribution in [0.2, 0.25) is 0 Å². The molecule has 1 aliphatic heterocycles. The number of aryl methyl sites for hydroxylation is 1. The van der Waals surface area contributed by atoms with Crippen molar-refractivity contribution in [3.05, 3.63) is 41.8 Å². The quantitative estimate of drug-likeness (QED) is 0.905. The molecule has 1 fully saturated rings. The van der Waals surface area contributed by atoms with E-state index in [9.17, 15) is 4.79 Å². The van der Waals surface area contributed by atoms with Crippen molar-refractivity contribution in [2.24, 2.45) is 5.92 Å². The maximum atomic E-state index is 12.1. The molecule has 0 bridgehead atoms. The topological polar surface area (TPSA) is 61.6 Å². The number of rotatable bonds is 5. The van der Waals surface area contributed by atoms with Crippen LogP contribution in [-0.2, 0) is 0 Å². The van der Waals surface area contributed by atoms with Gasteiger partial charge in [-0.3, -0.25) is 4.79 Å². The number of nitrogens with one attached hydrogen (secondary N) is 1. The zero-order chi connectivity index (χ0) is 17.8. The van der Waals surface area contributed by atoms with Crippen molar-refractivity contribution in [2.45, 2.75) is 19.8 Å². The molecule has 6 nitrogen and oxygen atoms in total. The molecule has 0 atom stereocenters. The largest absolute Gasteiger partial charge is 0.372 e. The minimum Gasteiger partial charge on any atom is -0.372 e. The molecule has 0 unspecified atom stereocenters. The molecule has 3 rings (SSSR count). The first-order valence-corrected chi connectivity index (χ1v) is 8.75. The maximum absolute atomic E-state index is 12.1. The summed E-state index contributed by atoms with van der Waals surface area (Å²) in [5.74, 6) is 0.734. The van der Waals surface area contributed by atoms with E-state index in [1.165, 1.54) is 25.1 Å². The van der Waals surface area contributed by atoms with E-state index in [1.54, 1.807) is 13.0 Å². The Kier molecular flexibility index (Phi) is 5.38. The standard InChI is InChI=1S/C19H26N4O2/c1-14-12-18(25-21-14)19(24)20-16-4-6-17(7-5-16)23-10-8-15(9-11-23)13-22(2)3/h4-7,12,15H,8-11,13H2,1-3H3,(H,20,24). The van der Waals surface area contributed by atoms with Crippen LogP contribution in [-0.4, -0.2) is 49.7 Å². The predicted octanol–water partition coefficient (Wildman–Crippen LogP) is 3.01. The van der Waals surface area contributed by atoms with Crippen LogP contribution in [0.25, 0.3) is 0 Å². The fraction of sp³-hybridized carbons (Fsp3) is 0.474. The van der Waals surface area contributed by atoms with Gasteiger partial charge in [0.1, 0.15) is 0 Å². The summed E-state index contributed by atoms with van der Waals surface area (Å²) in [6, 6.07) is 9.62. The van der Waals surface area contributed by atoms with Crippen molar-refractivity contribution in [1.82, 2.24) is 10.1 Å². The minimum absolute atomic E-state index is 0.226. The van der Waals surface area contributed by atoms with Gasteiger partial charge in [0.2, 0.25) is 5.76 Å². The highest BCUT2D eigenvalue weighted by Crippen LogP contribution is 2.25. The first-order valence-electron chi connectivity index (χ1n) is 8.75. The number of benzene rings is 1. The number of carbonyl (C=O) groups is 1. The summed E-state index contributed by atoms with van der Waals surface area (Å²) < 4.78 is 4.98. The van der Waals surface area contributed by atoms with E-state index in [0.29, 0.717) is 5.69 Å². The molecule has 2 heterocycles. The zero-order valence-electron chi connectivity index (χ0n) is 15.2. The van der Waals surface area contributed by atoms with Gasteiger partial charge in [-0.25, -0.2) is 0 Å². The summed E-state index contributed by atoms with van der Waals surface area (Å²) in [5.41, 5.74) is 2.65. The second kappa shape index (κ2) is 7.70. The Bertz CT molecular complexity index is 700. The number of carbonyl (C=O) groups excluding carboxylic acids is 1. The summed E-state index contributed by atoms with van der Waals surface area (Å²) in [7, 11) is 4.28. The summed E-state index contributed by atoms with van der Waals surface area (Å²) in [5, 5.41) is 6.57. The van der Waals surface area contributed by atoms with Crippen LogP contribution >= 0.6 is 0 Å². The monoisotopic (exact) mass is 342 g/mol. The molecular weight excluding hydrogens is 316 g/mol. The van der Waals surface area contributed by atoms with Gasteiger partial charge in [0, 0.05) is 37.1 Å². The Balaban J connectivity index is 1.55. The van der Waals surface area contributed by atoms with Crippen LogP contribution in [0.15, 0.2) is 34.9 Å². The van der Waals surface area contributed by atoms with Gasteiger partial charge >= 0.3 is 0 Å². The van der Waals surface area contributed by atoms with Crippen molar-refractivity contribution < 1.29 is 9.32 Å². The summed E-state index contributed by atoms with van der Waals surface area (Å²) in [6.07, 6.45) is 2.45. The number of hydrogen-bond acceptors (Lipinski definition) is 5. The molecule has 1 aromatic carbocycles. The second-order valence-electron chi connectivity index (χ2n) is 7.03. The Hall–Kier alpha value is -2.34. The summed E-state index contributed by atoms with van der Waals surface area (Å²) >= 11 is 0. The Labute approximate surface area is 148 Å². The highest BCUT2D eigenvalue weighted by molar-refractivity contribution is 6.02. The molecule has 0 radical (unpaired) electrons. The number of aromatic nitrogens is 1. The van der Waals surface area contributed by atoms with Gasteiger partial charge in [0.25, 0.3) is 5.91 Å². The lowest BCUT2D eigenvalue weighted by Crippen LogP contribution is -2.37. The molecule has 0 aliphatic carbocycles. The number of anilines is 2. The highest BCUT2D eigenvalue weighted by Gasteiger charge is 2.20. The van der Waals surface area contributed by atoms with Crippen LogP contribution in [0.1, 0.15) is 29.1 Å². The van der Waals surface area contributed by atoms with Crippen LogP contribution in [0.4, 0.5) is 11.4 Å². The molecule has 6 heteroatoms. The van der Waals surface area contributed by atoms with Gasteiger partial charge in [0.15, 0.2) is 0 Å². The SMILES string of the molecule is Cc1cc(C(=O)Nc2ccc(N3CCC(CN(C)C)CC3)cc2)on1. The smallest absolute Gasteiger partial charge is 0.294 e. The first kappa shape index (κ1) is 17.5. The van der Waals surface area contributed by atoms with Gasteiger partial charge in [-0.1, -0.05) is 5.16 Å². The molecule has 134 valence electrons. The molecule has 1 saturated heterocycles. The lowest BCUT2D eigenvalue weighted by atomic mass is 9.96. The highest BCUT2D eigenvalue weighted by atomic mass is 16.5. The molecule has 25 heavy (non-hydrogen) atoms. The van der Waals surface area contributed by atoms with Crippen LogP contribution < -0.4 is 10.2 Å². The van der Waals surface area contributed by atoms with Gasteiger partial charge in [-0.05, 0) is 64.0 Å². The average molecular weight is 342 g/mol. The summed E-state index contributed by atoms with van der Waals surface area (Å²) in [6.45, 7) is 5.12. The lowest BCUT2D eigenvalue weighted by Gasteiger charge is -2.34. The van der Waals surface area contributed by atoms with Crippen molar-refractivity contribution in [2.75, 3.05) is 43.9 Å². The molecule has 1 aliphatic rings. The first-order chi connectivity index (χ1) is 12.0. The Morgan fingerprint density at radius 3 is 2.52 bits per heavy atom. The van der Waals surface area contributed by atoms with Gasteiger partial charge in [-0.15, -0.1) is 0 Å². The third kappa shape index (κ3) is 4.60. The van der Waals surface area contributed by atoms with Gasteiger partial charge in [-0.2, -0.15) is 0 Å². The van der Waals surface area contributed by atoms with E-state index in [2.05, 4.69) is 46.5 Å². The van der Waals surface area contributed by atoms with E-state index in [1.807, 2.05) is 12.1 Å². The van der Waals surface area contributed by atoms with E-state index in [4.69, 9.17) is 4.52 Å². The Morgan fingerprint density at radius 2 is 1.96 bits per heavy atom. The normalized spacial score (nSPS) is 15.6. The molecule has 0 saturated carbocycles. The van der Waals surface area contributed by atoms with Crippen molar-refractivity contribution in [3.8, 4) is 0 Å². The maximum Gasteiger partial charge on any atom is 0.294 e. The molecular formula is C19H26N4O2. The summed E-state index contributed by atoms with van der Waals surface area (Å²) in [4.78, 5) is 16.8. The molecule has 2 aromatic rings. The number of nitrogens with zero attached hydrogens (tertiary/aromatic N) is 3. The van der Waals surface area contributed by atoms with E-state index in [-0.39, 0.29) is 11.7 Å². The third-order valence-electron chi connectivity index (χ3n) is 4.58. The average Bonchev–Trinajstić information content (AvgIpc) is 3.02. The van der Waals surface area contributed by atoms with Crippen LogP contribution in [0.5, 0.6) is 0 Å². The molecule has 1 amide bonds. The van der Waals surface area contributed by atoms with E-state index in [0.717, 1.165) is 24.7 Å². The van der Waals surface area contributed by atoms with Crippen molar-refractivity contribution in [3.63, 3.8) is 0 Å². The van der Waals surface area contributed by atoms with E-state index >= 15 is 0 Å². The van der Waals surface area contributed by atoms with E-state index < -0.39 is 0 Å². The minimum atomic E-state index is -0.280. The fourth-order valence-corrected chi connectivity index (χ4v) is 3.31. The fourth-order valence-electron chi connectivity index (χ4n) is 3.31. The lowest BCUT2D eigenvalue weighted by molar-refractivity contribution is 0.0988. The van der Waals surface area contributed by atoms with Crippen LogP contribution in [0.3, 0.4) is 0 Å². The molecule has 0 spiro atoms. The van der Waals surface area contributed by atoms with Gasteiger partial charge < -0.3 is 19.6 Å². The second-order valence-corrected chi connectivity index (χ2v) is 7.03.